The first kappa shape index (κ1) is 17.5. The zero-order chi connectivity index (χ0) is 17.0. The van der Waals surface area contributed by atoms with Crippen LogP contribution in [0.1, 0.15) is 44.9 Å². The highest BCUT2D eigenvalue weighted by Gasteiger charge is 2.43. The molecule has 2 heterocycles. The summed E-state index contributed by atoms with van der Waals surface area (Å²) in [6.07, 6.45) is 9.11. The summed E-state index contributed by atoms with van der Waals surface area (Å²) in [4.78, 5) is 20.5. The highest BCUT2D eigenvalue weighted by Crippen LogP contribution is 2.47. The second-order valence-corrected chi connectivity index (χ2v) is 7.82. The van der Waals surface area contributed by atoms with Crippen molar-refractivity contribution in [2.24, 2.45) is 10.4 Å². The molecule has 3 aliphatic rings. The molecule has 6 heteroatoms. The number of ether oxygens (including phenoxy) is 1. The number of carbonyl (C=O) groups excluding carboxylic acids is 1. The lowest BCUT2D eigenvalue weighted by Crippen LogP contribution is -2.46. The van der Waals surface area contributed by atoms with E-state index in [1.54, 1.807) is 19.0 Å². The van der Waals surface area contributed by atoms with Crippen molar-refractivity contribution in [1.82, 2.24) is 15.1 Å². The molecule has 0 radical (unpaired) electrons. The van der Waals surface area contributed by atoms with E-state index >= 15 is 0 Å². The van der Waals surface area contributed by atoms with E-state index in [1.165, 1.54) is 38.5 Å². The van der Waals surface area contributed by atoms with Gasteiger partial charge >= 0.3 is 0 Å². The molecule has 1 saturated carbocycles. The van der Waals surface area contributed by atoms with Crippen LogP contribution in [0.3, 0.4) is 0 Å². The van der Waals surface area contributed by atoms with E-state index < -0.39 is 0 Å². The number of nitrogens with zero attached hydrogens (tertiary/aromatic N) is 3. The SMILES string of the molecule is CN(C)C(=O)CN=C(NCC1CCCCO1)N1CCC2(CCC2)C1. The third-order valence-corrected chi connectivity index (χ3v) is 5.78. The number of carbonyl (C=O) groups is 1. The van der Waals surface area contributed by atoms with E-state index in [4.69, 9.17) is 4.74 Å². The standard InChI is InChI=1S/C18H32N4O2/c1-21(2)16(23)13-20-17(19-12-15-6-3-4-11-24-15)22-10-9-18(14-22)7-5-8-18/h15H,3-14H2,1-2H3,(H,19,20). The quantitative estimate of drug-likeness (QED) is 0.624. The number of likely N-dealkylation sites (tertiary alicyclic amines) is 1. The zero-order valence-electron chi connectivity index (χ0n) is 15.2. The fraction of sp³-hybridized carbons (Fsp3) is 0.889. The van der Waals surface area contributed by atoms with E-state index in [9.17, 15) is 4.79 Å². The second-order valence-electron chi connectivity index (χ2n) is 7.82. The van der Waals surface area contributed by atoms with Crippen LogP contribution >= 0.6 is 0 Å². The van der Waals surface area contributed by atoms with Crippen molar-refractivity contribution in [2.75, 3.05) is 46.9 Å². The van der Waals surface area contributed by atoms with Crippen molar-refractivity contribution in [3.05, 3.63) is 0 Å². The Hall–Kier alpha value is -1.30. The van der Waals surface area contributed by atoms with Gasteiger partial charge in [0.1, 0.15) is 6.54 Å². The zero-order valence-corrected chi connectivity index (χ0v) is 15.2. The Balaban J connectivity index is 1.59. The number of likely N-dealkylation sites (N-methyl/N-ethyl adjacent to an activating group) is 1. The number of aliphatic imine (C=N–C) groups is 1. The van der Waals surface area contributed by atoms with E-state index in [0.29, 0.717) is 5.41 Å². The van der Waals surface area contributed by atoms with Gasteiger partial charge in [-0.25, -0.2) is 4.99 Å². The predicted octanol–water partition coefficient (Wildman–Crippen LogP) is 1.47. The molecular weight excluding hydrogens is 304 g/mol. The summed E-state index contributed by atoms with van der Waals surface area (Å²) in [5, 5.41) is 3.49. The van der Waals surface area contributed by atoms with Gasteiger partial charge in [0.05, 0.1) is 6.10 Å². The molecule has 0 bridgehead atoms. The molecule has 3 rings (SSSR count). The van der Waals surface area contributed by atoms with Gasteiger partial charge in [-0.05, 0) is 43.9 Å². The normalized spacial score (nSPS) is 26.3. The molecule has 2 aliphatic heterocycles. The van der Waals surface area contributed by atoms with Crippen LogP contribution in [-0.4, -0.2) is 74.7 Å². The Kier molecular flexibility index (Phi) is 5.64. The van der Waals surface area contributed by atoms with Crippen LogP contribution in [0, 0.1) is 5.41 Å². The fourth-order valence-electron chi connectivity index (χ4n) is 3.93. The molecule has 1 unspecified atom stereocenters. The van der Waals surface area contributed by atoms with Gasteiger partial charge in [-0.2, -0.15) is 0 Å². The van der Waals surface area contributed by atoms with E-state index in [2.05, 4.69) is 15.2 Å². The average Bonchev–Trinajstić information content (AvgIpc) is 3.01. The number of hydrogen-bond donors (Lipinski definition) is 1. The lowest BCUT2D eigenvalue weighted by atomic mass is 9.68. The maximum absolute atomic E-state index is 11.9. The smallest absolute Gasteiger partial charge is 0.243 e. The minimum Gasteiger partial charge on any atom is -0.376 e. The van der Waals surface area contributed by atoms with E-state index in [1.807, 2.05) is 0 Å². The Bertz CT molecular complexity index is 468. The Labute approximate surface area is 145 Å². The Morgan fingerprint density at radius 3 is 2.71 bits per heavy atom. The third kappa shape index (κ3) is 4.21. The topological polar surface area (TPSA) is 57.2 Å². The van der Waals surface area contributed by atoms with Gasteiger partial charge in [0.15, 0.2) is 5.96 Å². The Morgan fingerprint density at radius 1 is 1.29 bits per heavy atom. The van der Waals surface area contributed by atoms with Gasteiger partial charge in [0, 0.05) is 40.3 Å². The first-order valence-corrected chi connectivity index (χ1v) is 9.43. The van der Waals surface area contributed by atoms with Gasteiger partial charge < -0.3 is 19.9 Å². The lowest BCUT2D eigenvalue weighted by molar-refractivity contribution is -0.127. The minimum absolute atomic E-state index is 0.0424. The summed E-state index contributed by atoms with van der Waals surface area (Å²) in [5.74, 6) is 0.934. The second kappa shape index (κ2) is 7.72. The largest absolute Gasteiger partial charge is 0.376 e. The molecule has 1 atom stereocenters. The van der Waals surface area contributed by atoms with Crippen molar-refractivity contribution in [3.8, 4) is 0 Å². The maximum atomic E-state index is 11.9. The van der Waals surface area contributed by atoms with Crippen LogP contribution in [0.2, 0.25) is 0 Å². The summed E-state index contributed by atoms with van der Waals surface area (Å²) < 4.78 is 5.82. The van der Waals surface area contributed by atoms with Gasteiger partial charge in [-0.1, -0.05) is 6.42 Å². The number of hydrogen-bond acceptors (Lipinski definition) is 3. The number of rotatable bonds is 4. The van der Waals surface area contributed by atoms with Gasteiger partial charge in [0.25, 0.3) is 0 Å². The van der Waals surface area contributed by atoms with E-state index in [0.717, 1.165) is 38.6 Å². The van der Waals surface area contributed by atoms with Crippen LogP contribution in [0.4, 0.5) is 0 Å². The fourth-order valence-corrected chi connectivity index (χ4v) is 3.93. The van der Waals surface area contributed by atoms with Crippen LogP contribution in [0.25, 0.3) is 0 Å². The first-order chi connectivity index (χ1) is 11.6. The summed E-state index contributed by atoms with van der Waals surface area (Å²) >= 11 is 0. The molecule has 1 N–H and O–H groups in total. The monoisotopic (exact) mass is 336 g/mol. The lowest BCUT2D eigenvalue weighted by Gasteiger charge is -2.38. The van der Waals surface area contributed by atoms with Crippen molar-refractivity contribution in [1.29, 1.82) is 0 Å². The van der Waals surface area contributed by atoms with E-state index in [-0.39, 0.29) is 18.6 Å². The van der Waals surface area contributed by atoms with Crippen molar-refractivity contribution in [3.63, 3.8) is 0 Å². The van der Waals surface area contributed by atoms with Crippen molar-refractivity contribution >= 4 is 11.9 Å². The molecule has 0 aromatic carbocycles. The maximum Gasteiger partial charge on any atom is 0.243 e. The molecule has 136 valence electrons. The molecule has 0 aromatic heterocycles. The summed E-state index contributed by atoms with van der Waals surface area (Å²) in [5.41, 5.74) is 0.523. The van der Waals surface area contributed by atoms with Crippen molar-refractivity contribution in [2.45, 2.75) is 51.0 Å². The molecule has 6 nitrogen and oxygen atoms in total. The molecular formula is C18H32N4O2. The number of amides is 1. The van der Waals surface area contributed by atoms with Crippen LogP contribution in [0.5, 0.6) is 0 Å². The summed E-state index contributed by atoms with van der Waals surface area (Å²) in [7, 11) is 3.56. The van der Waals surface area contributed by atoms with Gasteiger partial charge in [-0.3, -0.25) is 4.79 Å². The Morgan fingerprint density at radius 2 is 2.12 bits per heavy atom. The van der Waals surface area contributed by atoms with Crippen molar-refractivity contribution < 1.29 is 9.53 Å². The third-order valence-electron chi connectivity index (χ3n) is 5.78. The number of guanidine groups is 1. The highest BCUT2D eigenvalue weighted by molar-refractivity contribution is 5.85. The van der Waals surface area contributed by atoms with Crippen LogP contribution in [-0.2, 0) is 9.53 Å². The molecule has 24 heavy (non-hydrogen) atoms. The summed E-state index contributed by atoms with van der Waals surface area (Å²) in [6.45, 7) is 4.00. The minimum atomic E-state index is 0.0424. The summed E-state index contributed by atoms with van der Waals surface area (Å²) in [6, 6.07) is 0. The molecule has 1 aliphatic carbocycles. The van der Waals surface area contributed by atoms with Gasteiger partial charge in [-0.15, -0.1) is 0 Å². The molecule has 1 spiro atoms. The molecule has 3 fully saturated rings. The first-order valence-electron chi connectivity index (χ1n) is 9.43. The molecule has 1 amide bonds. The molecule has 2 saturated heterocycles. The predicted molar refractivity (Wildman–Crippen MR) is 95.1 cm³/mol. The van der Waals surface area contributed by atoms with Crippen LogP contribution in [0.15, 0.2) is 4.99 Å². The highest BCUT2D eigenvalue weighted by atomic mass is 16.5. The van der Waals surface area contributed by atoms with Crippen LogP contribution < -0.4 is 5.32 Å². The molecule has 0 aromatic rings. The number of nitrogens with one attached hydrogen (secondary N) is 1. The average molecular weight is 336 g/mol. The van der Waals surface area contributed by atoms with Gasteiger partial charge in [0.2, 0.25) is 5.91 Å².